The third kappa shape index (κ3) is 5.18. The molecule has 0 aliphatic heterocycles. The van der Waals surface area contributed by atoms with Gasteiger partial charge in [0.25, 0.3) is 0 Å². The molecule has 3 aromatic rings. The molecule has 0 spiro atoms. The molecule has 0 radical (unpaired) electrons. The maximum Gasteiger partial charge on any atom is 0.314 e. The molecule has 0 aliphatic rings. The van der Waals surface area contributed by atoms with Crippen LogP contribution in [-0.2, 0) is 9.59 Å². The van der Waals surface area contributed by atoms with Crippen LogP contribution in [0.3, 0.4) is 0 Å². The van der Waals surface area contributed by atoms with Crippen molar-refractivity contribution in [3.63, 3.8) is 0 Å². The van der Waals surface area contributed by atoms with Gasteiger partial charge in [-0.2, -0.15) is 0 Å². The second-order valence-electron chi connectivity index (χ2n) is 5.94. The van der Waals surface area contributed by atoms with Crippen LogP contribution in [0.5, 0.6) is 0 Å². The fraction of sp³-hybridized carbons (Fsp3) is 0.0476. The van der Waals surface area contributed by atoms with Gasteiger partial charge in [0, 0.05) is 27.2 Å². The van der Waals surface area contributed by atoms with E-state index in [1.165, 1.54) is 0 Å². The molecule has 0 atom stereocenters. The normalized spacial score (nSPS) is 10.1. The molecule has 0 aliphatic carbocycles. The first kappa shape index (κ1) is 18.7. The lowest BCUT2D eigenvalue weighted by Gasteiger charge is -2.10. The Balaban J connectivity index is 1.59. The fourth-order valence-corrected chi connectivity index (χ4v) is 2.93. The average Bonchev–Trinajstić information content (AvgIpc) is 2.66. The van der Waals surface area contributed by atoms with Crippen molar-refractivity contribution in [3.05, 3.63) is 82.8 Å². The zero-order valence-corrected chi connectivity index (χ0v) is 16.2. The van der Waals surface area contributed by atoms with Crippen molar-refractivity contribution >= 4 is 50.5 Å². The Kier molecular flexibility index (Phi) is 5.88. The second-order valence-corrected chi connectivity index (χ2v) is 6.85. The number of anilines is 4. The molecular weight excluding hydrogens is 406 g/mol. The molecule has 0 saturated carbocycles. The predicted molar refractivity (Wildman–Crippen MR) is 112 cm³/mol. The standard InChI is InChI=1S/C21H18BrN3O2/c1-14-13-15(22)7-12-19(14)25-21(27)20(26)24-18-10-8-17(9-11-18)23-16-5-3-2-4-6-16/h2-13,23H,1H3,(H,24,26)(H,25,27). The van der Waals surface area contributed by atoms with Gasteiger partial charge in [0.05, 0.1) is 0 Å². The lowest BCUT2D eigenvalue weighted by molar-refractivity contribution is -0.133. The fourth-order valence-electron chi connectivity index (χ4n) is 2.46. The summed E-state index contributed by atoms with van der Waals surface area (Å²) < 4.78 is 0.909. The van der Waals surface area contributed by atoms with Gasteiger partial charge in [-0.1, -0.05) is 34.1 Å². The monoisotopic (exact) mass is 423 g/mol. The summed E-state index contributed by atoms with van der Waals surface area (Å²) in [6.07, 6.45) is 0. The van der Waals surface area contributed by atoms with E-state index in [0.717, 1.165) is 21.4 Å². The smallest absolute Gasteiger partial charge is 0.314 e. The number of nitrogens with one attached hydrogen (secondary N) is 3. The number of carbonyl (C=O) groups excluding carboxylic acids is 2. The number of amides is 2. The zero-order chi connectivity index (χ0) is 19.2. The van der Waals surface area contributed by atoms with Crippen molar-refractivity contribution in [1.82, 2.24) is 0 Å². The summed E-state index contributed by atoms with van der Waals surface area (Å²) in [5.41, 5.74) is 3.86. The summed E-state index contributed by atoms with van der Waals surface area (Å²) >= 11 is 3.37. The van der Waals surface area contributed by atoms with Gasteiger partial charge in [-0.15, -0.1) is 0 Å². The highest BCUT2D eigenvalue weighted by Gasteiger charge is 2.15. The van der Waals surface area contributed by atoms with Crippen molar-refractivity contribution in [3.8, 4) is 0 Å². The SMILES string of the molecule is Cc1cc(Br)ccc1NC(=O)C(=O)Nc1ccc(Nc2ccccc2)cc1. The van der Waals surface area contributed by atoms with Gasteiger partial charge < -0.3 is 16.0 Å². The first-order chi connectivity index (χ1) is 13.0. The number of hydrogen-bond donors (Lipinski definition) is 3. The van der Waals surface area contributed by atoms with E-state index >= 15 is 0 Å². The molecule has 5 nitrogen and oxygen atoms in total. The molecule has 0 saturated heterocycles. The van der Waals surface area contributed by atoms with Gasteiger partial charge in [-0.05, 0) is 67.1 Å². The highest BCUT2D eigenvalue weighted by Crippen LogP contribution is 2.21. The van der Waals surface area contributed by atoms with Crippen molar-refractivity contribution < 1.29 is 9.59 Å². The summed E-state index contributed by atoms with van der Waals surface area (Å²) in [6.45, 7) is 1.86. The number of carbonyl (C=O) groups is 2. The summed E-state index contributed by atoms with van der Waals surface area (Å²) in [6, 6.07) is 22.3. The van der Waals surface area contributed by atoms with Crippen LogP contribution < -0.4 is 16.0 Å². The topological polar surface area (TPSA) is 70.2 Å². The molecule has 0 unspecified atom stereocenters. The molecule has 2 amide bonds. The second kappa shape index (κ2) is 8.51. The minimum atomic E-state index is -0.721. The van der Waals surface area contributed by atoms with Gasteiger partial charge in [0.1, 0.15) is 0 Å². The van der Waals surface area contributed by atoms with Crippen LogP contribution in [0.1, 0.15) is 5.56 Å². The molecule has 27 heavy (non-hydrogen) atoms. The van der Waals surface area contributed by atoms with Crippen LogP contribution in [0, 0.1) is 6.92 Å². The van der Waals surface area contributed by atoms with E-state index < -0.39 is 11.8 Å². The van der Waals surface area contributed by atoms with E-state index in [-0.39, 0.29) is 0 Å². The Morgan fingerprint density at radius 2 is 1.33 bits per heavy atom. The molecule has 6 heteroatoms. The molecule has 0 fully saturated rings. The van der Waals surface area contributed by atoms with Gasteiger partial charge in [0.2, 0.25) is 0 Å². The Bertz CT molecular complexity index is 957. The molecule has 3 rings (SSSR count). The minimum absolute atomic E-state index is 0.543. The van der Waals surface area contributed by atoms with E-state index in [1.807, 2.05) is 55.5 Å². The Hall–Kier alpha value is -3.12. The zero-order valence-electron chi connectivity index (χ0n) is 14.6. The number of halogens is 1. The molecule has 0 bridgehead atoms. The molecule has 3 aromatic carbocycles. The molecule has 0 heterocycles. The minimum Gasteiger partial charge on any atom is -0.356 e. The summed E-state index contributed by atoms with van der Waals surface area (Å²) in [7, 11) is 0. The maximum atomic E-state index is 12.1. The molecule has 136 valence electrons. The maximum absolute atomic E-state index is 12.1. The van der Waals surface area contributed by atoms with Crippen molar-refractivity contribution in [2.24, 2.45) is 0 Å². The van der Waals surface area contributed by atoms with Crippen LogP contribution in [0.25, 0.3) is 0 Å². The quantitative estimate of drug-likeness (QED) is 0.512. The number of aryl methyl sites for hydroxylation is 1. The lowest BCUT2D eigenvalue weighted by atomic mass is 10.2. The van der Waals surface area contributed by atoms with Crippen LogP contribution in [0.15, 0.2) is 77.3 Å². The lowest BCUT2D eigenvalue weighted by Crippen LogP contribution is -2.29. The first-order valence-electron chi connectivity index (χ1n) is 8.32. The molecule has 0 aromatic heterocycles. The number of rotatable bonds is 4. The Morgan fingerprint density at radius 3 is 2.00 bits per heavy atom. The predicted octanol–water partition coefficient (Wildman–Crippen LogP) is 5.08. The van der Waals surface area contributed by atoms with Crippen LogP contribution in [0.4, 0.5) is 22.7 Å². The highest BCUT2D eigenvalue weighted by atomic mass is 79.9. The third-order valence-electron chi connectivity index (χ3n) is 3.85. The highest BCUT2D eigenvalue weighted by molar-refractivity contribution is 9.10. The van der Waals surface area contributed by atoms with E-state index in [9.17, 15) is 9.59 Å². The third-order valence-corrected chi connectivity index (χ3v) is 4.34. The van der Waals surface area contributed by atoms with Crippen molar-refractivity contribution in [1.29, 1.82) is 0 Å². The van der Waals surface area contributed by atoms with E-state index in [2.05, 4.69) is 31.9 Å². The van der Waals surface area contributed by atoms with Crippen LogP contribution >= 0.6 is 15.9 Å². The molecular formula is C21H18BrN3O2. The van der Waals surface area contributed by atoms with Gasteiger partial charge in [-0.3, -0.25) is 9.59 Å². The van der Waals surface area contributed by atoms with Crippen LogP contribution in [0.2, 0.25) is 0 Å². The van der Waals surface area contributed by atoms with Crippen molar-refractivity contribution in [2.45, 2.75) is 6.92 Å². The summed E-state index contributed by atoms with van der Waals surface area (Å²) in [5.74, 6) is -1.44. The molecule has 3 N–H and O–H groups in total. The van der Waals surface area contributed by atoms with Crippen LogP contribution in [-0.4, -0.2) is 11.8 Å². The Labute approximate surface area is 165 Å². The summed E-state index contributed by atoms with van der Waals surface area (Å²) in [4.78, 5) is 24.2. The van der Waals surface area contributed by atoms with Gasteiger partial charge in [-0.25, -0.2) is 0 Å². The first-order valence-corrected chi connectivity index (χ1v) is 9.11. The number of benzene rings is 3. The summed E-state index contributed by atoms with van der Waals surface area (Å²) in [5, 5.41) is 8.47. The van der Waals surface area contributed by atoms with E-state index in [4.69, 9.17) is 0 Å². The Morgan fingerprint density at radius 1 is 0.741 bits per heavy atom. The number of hydrogen-bond acceptors (Lipinski definition) is 3. The number of para-hydroxylation sites is 1. The van der Waals surface area contributed by atoms with E-state index in [0.29, 0.717) is 11.4 Å². The van der Waals surface area contributed by atoms with E-state index in [1.54, 1.807) is 24.3 Å². The van der Waals surface area contributed by atoms with Gasteiger partial charge in [0.15, 0.2) is 0 Å². The van der Waals surface area contributed by atoms with Gasteiger partial charge >= 0.3 is 11.8 Å². The largest absolute Gasteiger partial charge is 0.356 e. The average molecular weight is 424 g/mol. The van der Waals surface area contributed by atoms with Crippen molar-refractivity contribution in [2.75, 3.05) is 16.0 Å².